The minimum Gasteiger partial charge on any atom is -0.315 e. The standard InChI is InChI=1S/C16H18BrNS/c1-2-14-6-7-15(19-14)9-16(10-18-11-16)12-4-3-5-13(17)8-12/h3-8,18H,2,9-11H2,1H3. The normalized spacial score (nSPS) is 17.2. The average molecular weight is 336 g/mol. The highest BCUT2D eigenvalue weighted by molar-refractivity contribution is 9.10. The van der Waals surface area contributed by atoms with E-state index in [1.165, 1.54) is 19.8 Å². The van der Waals surface area contributed by atoms with Crippen LogP contribution >= 0.6 is 27.3 Å². The van der Waals surface area contributed by atoms with E-state index in [1.807, 2.05) is 11.3 Å². The summed E-state index contributed by atoms with van der Waals surface area (Å²) >= 11 is 5.56. The van der Waals surface area contributed by atoms with Gasteiger partial charge >= 0.3 is 0 Å². The molecule has 3 heteroatoms. The fourth-order valence-electron chi connectivity index (χ4n) is 2.72. The summed E-state index contributed by atoms with van der Waals surface area (Å²) in [5, 5.41) is 3.45. The second-order valence-corrected chi connectivity index (χ2v) is 7.46. The maximum Gasteiger partial charge on any atom is 0.0251 e. The molecule has 1 fully saturated rings. The van der Waals surface area contributed by atoms with E-state index < -0.39 is 0 Å². The van der Waals surface area contributed by atoms with Crippen molar-refractivity contribution in [3.63, 3.8) is 0 Å². The molecule has 0 unspecified atom stereocenters. The molecule has 1 aliphatic heterocycles. The molecular weight excluding hydrogens is 318 g/mol. The highest BCUT2D eigenvalue weighted by Gasteiger charge is 2.39. The van der Waals surface area contributed by atoms with Gasteiger partial charge in [-0.2, -0.15) is 0 Å². The maximum absolute atomic E-state index is 3.59. The molecule has 0 radical (unpaired) electrons. The lowest BCUT2D eigenvalue weighted by atomic mass is 9.72. The predicted molar refractivity (Wildman–Crippen MR) is 86.1 cm³/mol. The lowest BCUT2D eigenvalue weighted by Crippen LogP contribution is -2.58. The van der Waals surface area contributed by atoms with Crippen molar-refractivity contribution in [1.82, 2.24) is 5.32 Å². The Labute approximate surface area is 127 Å². The van der Waals surface area contributed by atoms with E-state index in [9.17, 15) is 0 Å². The van der Waals surface area contributed by atoms with Crippen LogP contribution in [0.2, 0.25) is 0 Å². The number of hydrogen-bond acceptors (Lipinski definition) is 2. The van der Waals surface area contributed by atoms with Gasteiger partial charge in [-0.25, -0.2) is 0 Å². The first-order chi connectivity index (χ1) is 9.22. The third kappa shape index (κ3) is 2.64. The molecule has 1 aromatic carbocycles. The van der Waals surface area contributed by atoms with Gasteiger partial charge in [0.15, 0.2) is 0 Å². The molecule has 1 aromatic heterocycles. The Morgan fingerprint density at radius 2 is 2.00 bits per heavy atom. The summed E-state index contributed by atoms with van der Waals surface area (Å²) in [6.45, 7) is 4.40. The SMILES string of the molecule is CCc1ccc(CC2(c3cccc(Br)c3)CNC2)s1. The zero-order valence-corrected chi connectivity index (χ0v) is 13.5. The molecule has 1 nitrogen and oxygen atoms in total. The molecule has 2 heterocycles. The molecule has 1 N–H and O–H groups in total. The lowest BCUT2D eigenvalue weighted by molar-refractivity contribution is 0.276. The number of aryl methyl sites for hydroxylation is 1. The molecule has 100 valence electrons. The number of nitrogens with one attached hydrogen (secondary N) is 1. The van der Waals surface area contributed by atoms with E-state index in [2.05, 4.69) is 64.6 Å². The van der Waals surface area contributed by atoms with Crippen LogP contribution in [0.3, 0.4) is 0 Å². The van der Waals surface area contributed by atoms with Crippen molar-refractivity contribution in [2.24, 2.45) is 0 Å². The van der Waals surface area contributed by atoms with E-state index >= 15 is 0 Å². The number of benzene rings is 1. The van der Waals surface area contributed by atoms with Crippen LogP contribution < -0.4 is 5.32 Å². The van der Waals surface area contributed by atoms with E-state index in [1.54, 1.807) is 0 Å². The van der Waals surface area contributed by atoms with Crippen molar-refractivity contribution in [2.75, 3.05) is 13.1 Å². The van der Waals surface area contributed by atoms with Crippen molar-refractivity contribution >= 4 is 27.3 Å². The van der Waals surface area contributed by atoms with Gasteiger partial charge in [0.1, 0.15) is 0 Å². The average Bonchev–Trinajstić information content (AvgIpc) is 2.81. The van der Waals surface area contributed by atoms with Crippen molar-refractivity contribution < 1.29 is 0 Å². The second-order valence-electron chi connectivity index (χ2n) is 5.29. The lowest BCUT2D eigenvalue weighted by Gasteiger charge is -2.43. The Morgan fingerprint density at radius 1 is 1.21 bits per heavy atom. The summed E-state index contributed by atoms with van der Waals surface area (Å²) in [6, 6.07) is 13.4. The third-order valence-corrected chi connectivity index (χ3v) is 5.66. The third-order valence-electron chi connectivity index (χ3n) is 3.94. The van der Waals surface area contributed by atoms with E-state index in [0.717, 1.165) is 25.9 Å². The topological polar surface area (TPSA) is 12.0 Å². The van der Waals surface area contributed by atoms with Gasteiger partial charge in [-0.1, -0.05) is 35.0 Å². The van der Waals surface area contributed by atoms with E-state index in [0.29, 0.717) is 5.41 Å². The Kier molecular flexibility index (Phi) is 3.79. The van der Waals surface area contributed by atoms with Crippen LogP contribution in [-0.4, -0.2) is 13.1 Å². The molecule has 0 bridgehead atoms. The molecule has 3 rings (SSSR count). The highest BCUT2D eigenvalue weighted by Crippen LogP contribution is 2.35. The maximum atomic E-state index is 3.59. The van der Waals surface area contributed by atoms with Crippen LogP contribution in [0.1, 0.15) is 22.2 Å². The van der Waals surface area contributed by atoms with E-state index in [4.69, 9.17) is 0 Å². The molecule has 0 saturated carbocycles. The summed E-state index contributed by atoms with van der Waals surface area (Å²) in [4.78, 5) is 3.00. The number of hydrogen-bond donors (Lipinski definition) is 1. The molecule has 0 amide bonds. The van der Waals surface area contributed by atoms with Crippen molar-refractivity contribution in [1.29, 1.82) is 0 Å². The van der Waals surface area contributed by atoms with Gasteiger partial charge < -0.3 is 5.32 Å². The largest absolute Gasteiger partial charge is 0.315 e. The first-order valence-electron chi connectivity index (χ1n) is 6.76. The molecule has 0 spiro atoms. The van der Waals surface area contributed by atoms with Gasteiger partial charge in [0, 0.05) is 32.7 Å². The minimum atomic E-state index is 0.291. The van der Waals surface area contributed by atoms with Crippen LogP contribution in [0.25, 0.3) is 0 Å². The number of halogens is 1. The summed E-state index contributed by atoms with van der Waals surface area (Å²) < 4.78 is 1.18. The van der Waals surface area contributed by atoms with Crippen molar-refractivity contribution in [2.45, 2.75) is 25.2 Å². The highest BCUT2D eigenvalue weighted by atomic mass is 79.9. The predicted octanol–water partition coefficient (Wildman–Crippen LogP) is 4.16. The van der Waals surface area contributed by atoms with Crippen LogP contribution in [0, 0.1) is 0 Å². The molecule has 2 aromatic rings. The van der Waals surface area contributed by atoms with Crippen molar-refractivity contribution in [3.8, 4) is 0 Å². The molecular formula is C16H18BrNS. The van der Waals surface area contributed by atoms with Crippen LogP contribution in [0.4, 0.5) is 0 Å². The van der Waals surface area contributed by atoms with E-state index in [-0.39, 0.29) is 0 Å². The molecule has 19 heavy (non-hydrogen) atoms. The van der Waals surface area contributed by atoms with Crippen LogP contribution in [0.15, 0.2) is 40.9 Å². The number of rotatable bonds is 4. The Bertz CT molecular complexity index is 572. The zero-order chi connectivity index (χ0) is 13.3. The summed E-state index contributed by atoms with van der Waals surface area (Å²) in [5.41, 5.74) is 1.74. The fourth-order valence-corrected chi connectivity index (χ4v) is 4.22. The van der Waals surface area contributed by atoms with Gasteiger partial charge in [0.25, 0.3) is 0 Å². The van der Waals surface area contributed by atoms with Crippen molar-refractivity contribution in [3.05, 3.63) is 56.2 Å². The second kappa shape index (κ2) is 5.39. The van der Waals surface area contributed by atoms with Gasteiger partial charge in [-0.05, 0) is 42.7 Å². The summed E-state index contributed by atoms with van der Waals surface area (Å²) in [6.07, 6.45) is 2.30. The van der Waals surface area contributed by atoms with Gasteiger partial charge in [0.05, 0.1) is 0 Å². The molecule has 1 saturated heterocycles. The van der Waals surface area contributed by atoms with Gasteiger partial charge in [-0.3, -0.25) is 0 Å². The van der Waals surface area contributed by atoms with Gasteiger partial charge in [-0.15, -0.1) is 11.3 Å². The minimum absolute atomic E-state index is 0.291. The molecule has 0 atom stereocenters. The smallest absolute Gasteiger partial charge is 0.0251 e. The molecule has 0 aliphatic carbocycles. The zero-order valence-electron chi connectivity index (χ0n) is 11.1. The Balaban J connectivity index is 1.87. The first-order valence-corrected chi connectivity index (χ1v) is 8.37. The quantitative estimate of drug-likeness (QED) is 0.884. The monoisotopic (exact) mass is 335 g/mol. The van der Waals surface area contributed by atoms with Gasteiger partial charge in [0.2, 0.25) is 0 Å². The van der Waals surface area contributed by atoms with Crippen LogP contribution in [0.5, 0.6) is 0 Å². The fraction of sp³-hybridized carbons (Fsp3) is 0.375. The first kappa shape index (κ1) is 13.3. The Hall–Kier alpha value is -0.640. The van der Waals surface area contributed by atoms with Crippen LogP contribution in [-0.2, 0) is 18.3 Å². The summed E-state index contributed by atoms with van der Waals surface area (Å²) in [7, 11) is 0. The summed E-state index contributed by atoms with van der Waals surface area (Å²) in [5.74, 6) is 0. The Morgan fingerprint density at radius 3 is 2.58 bits per heavy atom. The number of thiophene rings is 1. The molecule has 1 aliphatic rings.